The van der Waals surface area contributed by atoms with Crippen molar-refractivity contribution in [3.8, 4) is 0 Å². The minimum Gasteiger partial charge on any atom is -0.465 e. The first-order valence-electron chi connectivity index (χ1n) is 6.81. The molecule has 5 heteroatoms. The summed E-state index contributed by atoms with van der Waals surface area (Å²) in [6.45, 7) is 6.45. The van der Waals surface area contributed by atoms with E-state index in [1.165, 1.54) is 37.7 Å². The van der Waals surface area contributed by atoms with Gasteiger partial charge < -0.3 is 10.1 Å². The number of nitrogens with one attached hydrogen (secondary N) is 1. The Kier molecular flexibility index (Phi) is 4.45. The lowest BCUT2D eigenvalue weighted by Gasteiger charge is -2.31. The van der Waals surface area contributed by atoms with Crippen molar-refractivity contribution in [2.24, 2.45) is 11.8 Å². The molecule has 2 unspecified atom stereocenters. The van der Waals surface area contributed by atoms with Crippen LogP contribution in [0.25, 0.3) is 0 Å². The molecule has 2 atom stereocenters. The lowest BCUT2D eigenvalue weighted by Crippen LogP contribution is -2.30. The highest BCUT2D eigenvalue weighted by Gasteiger charge is 2.25. The Bertz CT molecular complexity index is 448. The Hall–Kier alpha value is -1.10. The molecule has 0 aromatic carbocycles. The molecule has 0 saturated heterocycles. The van der Waals surface area contributed by atoms with E-state index in [4.69, 9.17) is 4.74 Å². The van der Waals surface area contributed by atoms with E-state index in [1.807, 2.05) is 6.92 Å². The first-order valence-corrected chi connectivity index (χ1v) is 7.63. The lowest BCUT2D eigenvalue weighted by atomic mass is 9.80. The summed E-state index contributed by atoms with van der Waals surface area (Å²) in [4.78, 5) is 16.6. The Balaban J connectivity index is 2.05. The molecule has 0 bridgehead atoms. The molecule has 0 spiro atoms. The van der Waals surface area contributed by atoms with E-state index < -0.39 is 0 Å². The van der Waals surface area contributed by atoms with E-state index >= 15 is 0 Å². The molecule has 0 radical (unpaired) electrons. The number of rotatable bonds is 3. The van der Waals surface area contributed by atoms with E-state index in [1.54, 1.807) is 0 Å². The van der Waals surface area contributed by atoms with Crippen molar-refractivity contribution < 1.29 is 9.53 Å². The van der Waals surface area contributed by atoms with Gasteiger partial charge in [-0.2, -0.15) is 0 Å². The summed E-state index contributed by atoms with van der Waals surface area (Å²) < 4.78 is 4.76. The second-order valence-electron chi connectivity index (χ2n) is 5.68. The van der Waals surface area contributed by atoms with E-state index in [0.29, 0.717) is 10.9 Å². The van der Waals surface area contributed by atoms with Crippen LogP contribution in [0.2, 0.25) is 0 Å². The minimum atomic E-state index is -0.298. The molecule has 1 heterocycles. The van der Waals surface area contributed by atoms with Gasteiger partial charge in [-0.25, -0.2) is 9.78 Å². The highest BCUT2D eigenvalue weighted by molar-refractivity contribution is 7.17. The van der Waals surface area contributed by atoms with Crippen LogP contribution >= 0.6 is 11.3 Å². The zero-order valence-electron chi connectivity index (χ0n) is 12.0. The molecule has 1 saturated carbocycles. The molecule has 1 N–H and O–H groups in total. The maximum Gasteiger partial charge on any atom is 0.350 e. The van der Waals surface area contributed by atoms with Crippen LogP contribution in [0, 0.1) is 18.8 Å². The number of anilines is 1. The van der Waals surface area contributed by atoms with E-state index in [0.717, 1.165) is 22.7 Å². The van der Waals surface area contributed by atoms with Crippen LogP contribution in [-0.4, -0.2) is 24.1 Å². The molecule has 4 nitrogen and oxygen atoms in total. The first kappa shape index (κ1) is 14.3. The summed E-state index contributed by atoms with van der Waals surface area (Å²) in [5.41, 5.74) is 0.747. The number of carbonyl (C=O) groups is 1. The summed E-state index contributed by atoms with van der Waals surface area (Å²) in [5.74, 6) is 1.21. The van der Waals surface area contributed by atoms with Crippen molar-refractivity contribution in [1.82, 2.24) is 4.98 Å². The summed E-state index contributed by atoms with van der Waals surface area (Å²) in [6, 6.07) is 0.467. The number of thiazole rings is 1. The minimum absolute atomic E-state index is 0.298. The van der Waals surface area contributed by atoms with Gasteiger partial charge in [-0.3, -0.25) is 0 Å². The van der Waals surface area contributed by atoms with Crippen molar-refractivity contribution in [2.45, 2.75) is 46.1 Å². The van der Waals surface area contributed by atoms with Crippen LogP contribution in [-0.2, 0) is 4.74 Å². The number of hydrogen-bond donors (Lipinski definition) is 1. The van der Waals surface area contributed by atoms with E-state index in [2.05, 4.69) is 24.1 Å². The average Bonchev–Trinajstić information content (AvgIpc) is 2.68. The quantitative estimate of drug-likeness (QED) is 0.862. The molecule has 1 aromatic rings. The molecular formula is C14H22N2O2S. The summed E-state index contributed by atoms with van der Waals surface area (Å²) >= 11 is 1.39. The SMILES string of the molecule is COC(=O)c1sc(NC2CC(C)CC(C)C2)nc1C. The maximum absolute atomic E-state index is 11.6. The fourth-order valence-corrected chi connectivity index (χ4v) is 3.94. The number of nitrogens with zero attached hydrogens (tertiary/aromatic N) is 1. The number of carbonyl (C=O) groups excluding carboxylic acids is 1. The first-order chi connectivity index (χ1) is 8.99. The molecule has 1 aliphatic carbocycles. The van der Waals surface area contributed by atoms with E-state index in [9.17, 15) is 4.79 Å². The van der Waals surface area contributed by atoms with Crippen LogP contribution in [0.1, 0.15) is 48.5 Å². The number of aryl methyl sites for hydroxylation is 1. The Morgan fingerprint density at radius 1 is 1.32 bits per heavy atom. The third-order valence-electron chi connectivity index (χ3n) is 3.67. The summed E-state index contributed by atoms with van der Waals surface area (Å²) in [7, 11) is 1.40. The predicted octanol–water partition coefficient (Wildman–Crippen LogP) is 3.47. The lowest BCUT2D eigenvalue weighted by molar-refractivity contribution is 0.0605. The van der Waals surface area contributed by atoms with Crippen molar-refractivity contribution in [1.29, 1.82) is 0 Å². The van der Waals surface area contributed by atoms with Gasteiger partial charge >= 0.3 is 5.97 Å². The molecular weight excluding hydrogens is 260 g/mol. The van der Waals surface area contributed by atoms with Gasteiger partial charge in [-0.15, -0.1) is 0 Å². The van der Waals surface area contributed by atoms with Crippen LogP contribution in [0.3, 0.4) is 0 Å². The third-order valence-corrected chi connectivity index (χ3v) is 4.74. The van der Waals surface area contributed by atoms with E-state index in [-0.39, 0.29) is 5.97 Å². The smallest absolute Gasteiger partial charge is 0.350 e. The van der Waals surface area contributed by atoms with Gasteiger partial charge in [-0.05, 0) is 38.0 Å². The standard InChI is InChI=1S/C14H22N2O2S/c1-8-5-9(2)7-11(6-8)16-14-15-10(3)12(19-14)13(17)18-4/h8-9,11H,5-7H2,1-4H3,(H,15,16). The molecule has 1 aromatic heterocycles. The Labute approximate surface area is 118 Å². The third kappa shape index (κ3) is 3.47. The largest absolute Gasteiger partial charge is 0.465 e. The highest BCUT2D eigenvalue weighted by atomic mass is 32.1. The fourth-order valence-electron chi connectivity index (χ4n) is 2.98. The predicted molar refractivity (Wildman–Crippen MR) is 77.8 cm³/mol. The second-order valence-corrected chi connectivity index (χ2v) is 6.68. The number of aromatic nitrogens is 1. The van der Waals surface area contributed by atoms with Gasteiger partial charge in [0, 0.05) is 6.04 Å². The van der Waals surface area contributed by atoms with Crippen LogP contribution in [0.5, 0.6) is 0 Å². The summed E-state index contributed by atoms with van der Waals surface area (Å²) in [5, 5.41) is 4.32. The highest BCUT2D eigenvalue weighted by Crippen LogP contribution is 2.32. The van der Waals surface area contributed by atoms with Crippen molar-refractivity contribution in [3.05, 3.63) is 10.6 Å². The number of ether oxygens (including phenoxy) is 1. The van der Waals surface area contributed by atoms with Crippen LogP contribution in [0.4, 0.5) is 5.13 Å². The Morgan fingerprint density at radius 2 is 1.95 bits per heavy atom. The zero-order chi connectivity index (χ0) is 14.0. The second kappa shape index (κ2) is 5.90. The summed E-state index contributed by atoms with van der Waals surface area (Å²) in [6.07, 6.45) is 3.66. The van der Waals surface area contributed by atoms with Crippen LogP contribution < -0.4 is 5.32 Å². The molecule has 19 heavy (non-hydrogen) atoms. The van der Waals surface area contributed by atoms with Gasteiger partial charge in [0.2, 0.25) is 0 Å². The maximum atomic E-state index is 11.6. The zero-order valence-corrected chi connectivity index (χ0v) is 12.8. The van der Waals surface area contributed by atoms with Gasteiger partial charge in [0.1, 0.15) is 4.88 Å². The molecule has 0 aliphatic heterocycles. The molecule has 1 aliphatic rings. The van der Waals surface area contributed by atoms with Crippen molar-refractivity contribution in [2.75, 3.05) is 12.4 Å². The van der Waals surface area contributed by atoms with Gasteiger partial charge in [0.25, 0.3) is 0 Å². The van der Waals surface area contributed by atoms with Gasteiger partial charge in [0.15, 0.2) is 5.13 Å². The van der Waals surface area contributed by atoms with Gasteiger partial charge in [0.05, 0.1) is 12.8 Å². The molecule has 0 amide bonds. The normalized spacial score (nSPS) is 27.1. The monoisotopic (exact) mass is 282 g/mol. The molecule has 2 rings (SSSR count). The molecule has 106 valence electrons. The van der Waals surface area contributed by atoms with Crippen molar-refractivity contribution in [3.63, 3.8) is 0 Å². The fraction of sp³-hybridized carbons (Fsp3) is 0.714. The van der Waals surface area contributed by atoms with Gasteiger partial charge in [-0.1, -0.05) is 25.2 Å². The van der Waals surface area contributed by atoms with Crippen LogP contribution in [0.15, 0.2) is 0 Å². The topological polar surface area (TPSA) is 51.2 Å². The Morgan fingerprint density at radius 3 is 2.53 bits per heavy atom. The molecule has 1 fully saturated rings. The number of hydrogen-bond acceptors (Lipinski definition) is 5. The average molecular weight is 282 g/mol. The number of esters is 1. The number of methoxy groups -OCH3 is 1. The van der Waals surface area contributed by atoms with Crippen molar-refractivity contribution >= 4 is 22.4 Å².